The largest absolute Gasteiger partial charge is 1.00 e. The summed E-state index contributed by atoms with van der Waals surface area (Å²) < 4.78 is 0. The van der Waals surface area contributed by atoms with Crippen molar-refractivity contribution in [3.63, 3.8) is 0 Å². The van der Waals surface area contributed by atoms with Gasteiger partial charge in [-0.1, -0.05) is 26.7 Å². The minimum Gasteiger partial charge on any atom is -0.592 e. The average Bonchev–Trinajstić information content (AvgIpc) is 1.14. The van der Waals surface area contributed by atoms with E-state index in [1.807, 2.05) is 26.7 Å². The van der Waals surface area contributed by atoms with Gasteiger partial charge in [0.05, 0.1) is 0 Å². The van der Waals surface area contributed by atoms with Crippen molar-refractivity contribution in [3.05, 3.63) is 4.86 Å². The first-order valence-corrected chi connectivity index (χ1v) is 9.85. The normalized spacial score (nSPS) is 12.4. The first-order valence-electron chi connectivity index (χ1n) is 2.55. The van der Waals surface area contributed by atoms with Crippen LogP contribution in [0.4, 0.5) is 0 Å². The minimum atomic E-state index is -1.38. The Kier molecular flexibility index (Phi) is 8.59. The molecule has 0 aromatic heterocycles. The van der Waals surface area contributed by atoms with Crippen LogP contribution in [0.15, 0.2) is 0 Å². The summed E-state index contributed by atoms with van der Waals surface area (Å²) >= 11 is 10.3. The molecule has 0 radical (unpaired) electrons. The molecule has 0 spiro atoms. The predicted molar refractivity (Wildman–Crippen MR) is 55.6 cm³/mol. The summed E-state index contributed by atoms with van der Waals surface area (Å²) in [5.41, 5.74) is 0. The SMILES string of the molecule is CP(C)(=S)[N-]P(C)(C)=S.[K+]. The topological polar surface area (TPSA) is 14.1 Å². The van der Waals surface area contributed by atoms with Crippen LogP contribution in [0.5, 0.6) is 0 Å². The van der Waals surface area contributed by atoms with Crippen molar-refractivity contribution in [1.82, 2.24) is 0 Å². The van der Waals surface area contributed by atoms with Crippen LogP contribution in [0, 0.1) is 0 Å². The van der Waals surface area contributed by atoms with Crippen molar-refractivity contribution in [2.75, 3.05) is 26.7 Å². The van der Waals surface area contributed by atoms with E-state index in [4.69, 9.17) is 23.6 Å². The van der Waals surface area contributed by atoms with Crippen molar-refractivity contribution in [3.8, 4) is 0 Å². The van der Waals surface area contributed by atoms with Crippen LogP contribution < -0.4 is 51.4 Å². The van der Waals surface area contributed by atoms with Gasteiger partial charge >= 0.3 is 51.4 Å². The Labute approximate surface area is 117 Å². The zero-order valence-corrected chi connectivity index (χ0v) is 13.7. The molecule has 0 aliphatic rings. The average molecular weight is 239 g/mol. The summed E-state index contributed by atoms with van der Waals surface area (Å²) in [4.78, 5) is 4.39. The Morgan fingerprint density at radius 2 is 1.10 bits per heavy atom. The molecule has 0 fully saturated rings. The molecule has 1 nitrogen and oxygen atoms in total. The van der Waals surface area contributed by atoms with E-state index in [0.29, 0.717) is 0 Å². The molecular weight excluding hydrogens is 227 g/mol. The third-order valence-corrected chi connectivity index (χ3v) is 5.19. The molecule has 0 atom stereocenters. The van der Waals surface area contributed by atoms with Crippen LogP contribution in [0.25, 0.3) is 4.86 Å². The van der Waals surface area contributed by atoms with Crippen LogP contribution in [-0.4, -0.2) is 26.7 Å². The van der Waals surface area contributed by atoms with Crippen LogP contribution in [0.1, 0.15) is 0 Å². The Hall–Kier alpha value is 2.90. The maximum Gasteiger partial charge on any atom is 1.00 e. The van der Waals surface area contributed by atoms with Crippen molar-refractivity contribution in [2.45, 2.75) is 0 Å². The second-order valence-corrected chi connectivity index (χ2v) is 13.9. The fourth-order valence-corrected chi connectivity index (χ4v) is 8.37. The molecule has 0 N–H and O–H groups in total. The van der Waals surface area contributed by atoms with Gasteiger partial charge in [0.15, 0.2) is 0 Å². The molecule has 0 aromatic carbocycles. The van der Waals surface area contributed by atoms with Gasteiger partial charge in [-0.15, -0.1) is 36.0 Å². The Bertz CT molecular complexity index is 162. The molecule has 0 amide bonds. The van der Waals surface area contributed by atoms with E-state index in [2.05, 4.69) is 4.86 Å². The molecular formula is C4H12KNP2S2. The van der Waals surface area contributed by atoms with E-state index < -0.39 is 12.4 Å². The van der Waals surface area contributed by atoms with Gasteiger partial charge in [0.2, 0.25) is 0 Å². The smallest absolute Gasteiger partial charge is 0.592 e. The Balaban J connectivity index is 0. The van der Waals surface area contributed by atoms with E-state index >= 15 is 0 Å². The number of hydrogen-bond acceptors (Lipinski definition) is 2. The van der Waals surface area contributed by atoms with Crippen LogP contribution in [-0.2, 0) is 23.6 Å². The van der Waals surface area contributed by atoms with Crippen LogP contribution in [0.2, 0.25) is 0 Å². The predicted octanol–water partition coefficient (Wildman–Crippen LogP) is -0.328. The summed E-state index contributed by atoms with van der Waals surface area (Å²) in [7, 11) is 0. The second kappa shape index (κ2) is 5.59. The van der Waals surface area contributed by atoms with E-state index in [-0.39, 0.29) is 51.4 Å². The first-order chi connectivity index (χ1) is 3.71. The van der Waals surface area contributed by atoms with Gasteiger partial charge in [0.25, 0.3) is 0 Å². The van der Waals surface area contributed by atoms with Crippen molar-refractivity contribution < 1.29 is 51.4 Å². The van der Waals surface area contributed by atoms with Crippen LogP contribution in [0.3, 0.4) is 0 Å². The molecule has 56 valence electrons. The third-order valence-electron chi connectivity index (χ3n) is 0.431. The summed E-state index contributed by atoms with van der Waals surface area (Å²) in [6, 6.07) is 0. The summed E-state index contributed by atoms with van der Waals surface area (Å²) in [6.45, 7) is 8.04. The number of rotatable bonds is 2. The van der Waals surface area contributed by atoms with Gasteiger partial charge in [-0.2, -0.15) is 0 Å². The fourth-order valence-electron chi connectivity index (χ4n) is 0.519. The molecule has 0 bridgehead atoms. The van der Waals surface area contributed by atoms with E-state index in [1.165, 1.54) is 0 Å². The number of hydrogen-bond donors (Lipinski definition) is 0. The molecule has 0 saturated carbocycles. The summed E-state index contributed by atoms with van der Waals surface area (Å²) in [6.07, 6.45) is -2.77. The zero-order chi connectivity index (χ0) is 7.71. The fraction of sp³-hybridized carbons (Fsp3) is 1.00. The molecule has 0 aliphatic carbocycles. The second-order valence-electron chi connectivity index (χ2n) is 2.68. The van der Waals surface area contributed by atoms with Crippen molar-refractivity contribution >= 4 is 36.0 Å². The molecule has 0 aliphatic heterocycles. The van der Waals surface area contributed by atoms with E-state index in [9.17, 15) is 0 Å². The summed E-state index contributed by atoms with van der Waals surface area (Å²) in [5, 5.41) is 0. The van der Waals surface area contributed by atoms with Crippen molar-refractivity contribution in [2.24, 2.45) is 0 Å². The quantitative estimate of drug-likeness (QED) is 0.484. The molecule has 0 saturated heterocycles. The first kappa shape index (κ1) is 15.4. The maximum absolute atomic E-state index is 5.14. The maximum atomic E-state index is 5.14. The van der Waals surface area contributed by atoms with Gasteiger partial charge in [0, 0.05) is 0 Å². The van der Waals surface area contributed by atoms with Gasteiger partial charge in [0.1, 0.15) is 0 Å². The Morgan fingerprint density at radius 1 is 0.900 bits per heavy atom. The monoisotopic (exact) mass is 239 g/mol. The Morgan fingerprint density at radius 3 is 1.10 bits per heavy atom. The molecule has 0 heterocycles. The molecule has 6 heteroatoms. The van der Waals surface area contributed by atoms with Gasteiger partial charge in [-0.05, 0) is 0 Å². The van der Waals surface area contributed by atoms with Crippen LogP contribution >= 0.6 is 12.4 Å². The standard InChI is InChI=1S/C4H12NP2S2.K/c1-6(2,8)5-7(3,4)9;/h1-4H3;/q-1;+1. The van der Waals surface area contributed by atoms with Gasteiger partial charge < -0.3 is 4.86 Å². The zero-order valence-electron chi connectivity index (χ0n) is 7.16. The van der Waals surface area contributed by atoms with Crippen molar-refractivity contribution in [1.29, 1.82) is 0 Å². The molecule has 0 aromatic rings. The van der Waals surface area contributed by atoms with E-state index in [1.54, 1.807) is 0 Å². The number of nitrogens with zero attached hydrogens (tertiary/aromatic N) is 1. The molecule has 10 heavy (non-hydrogen) atoms. The molecule has 0 rings (SSSR count). The third kappa shape index (κ3) is 13.5. The van der Waals surface area contributed by atoms with Gasteiger partial charge in [-0.25, -0.2) is 0 Å². The van der Waals surface area contributed by atoms with Gasteiger partial charge in [-0.3, -0.25) is 0 Å². The minimum absolute atomic E-state index is 0. The molecule has 0 unspecified atom stereocenters. The van der Waals surface area contributed by atoms with E-state index in [0.717, 1.165) is 0 Å². The summed E-state index contributed by atoms with van der Waals surface area (Å²) in [5.74, 6) is 0.